The predicted molar refractivity (Wildman–Crippen MR) is 99.0 cm³/mol. The van der Waals surface area contributed by atoms with Crippen molar-refractivity contribution < 1.29 is 19.7 Å². The minimum Gasteiger partial charge on any atom is -0.497 e. The zero-order chi connectivity index (χ0) is 17.4. The molecule has 0 spiro atoms. The lowest BCUT2D eigenvalue weighted by atomic mass is 10.1. The Morgan fingerprint density at radius 2 is 1.92 bits per heavy atom. The minimum atomic E-state index is -0.871. The first-order valence-corrected chi connectivity index (χ1v) is 9.47. The van der Waals surface area contributed by atoms with Crippen LogP contribution in [0.5, 0.6) is 5.75 Å². The molecular formula is C18H20O4S2. The van der Waals surface area contributed by atoms with Crippen molar-refractivity contribution in [2.24, 2.45) is 0 Å². The van der Waals surface area contributed by atoms with Crippen LogP contribution in [0, 0.1) is 0 Å². The molecule has 0 amide bonds. The van der Waals surface area contributed by atoms with Gasteiger partial charge in [-0.05, 0) is 23.8 Å². The smallest absolute Gasteiger partial charge is 0.313 e. The molecule has 128 valence electrons. The Morgan fingerprint density at radius 1 is 1.17 bits per heavy atom. The number of carboxylic acid groups (broad SMARTS) is 1. The molecule has 0 saturated heterocycles. The molecule has 2 aromatic carbocycles. The van der Waals surface area contributed by atoms with Crippen LogP contribution in [0.2, 0.25) is 0 Å². The number of carbonyl (C=O) groups is 1. The number of carboxylic acids is 1. The fraction of sp³-hybridized carbons (Fsp3) is 0.278. The molecule has 2 atom stereocenters. The molecular weight excluding hydrogens is 344 g/mol. The van der Waals surface area contributed by atoms with Gasteiger partial charge in [-0.15, -0.1) is 23.5 Å². The molecule has 1 unspecified atom stereocenters. The van der Waals surface area contributed by atoms with Gasteiger partial charge in [-0.3, -0.25) is 4.79 Å². The van der Waals surface area contributed by atoms with Gasteiger partial charge in [0, 0.05) is 10.6 Å². The molecule has 24 heavy (non-hydrogen) atoms. The number of aliphatic carboxylic acids is 1. The second-order valence-corrected chi connectivity index (χ2v) is 7.35. The SMILES string of the molecule is COc1cccc(S[C@@H](c2ccccc2)C(O)CSCC(=O)O)c1. The summed E-state index contributed by atoms with van der Waals surface area (Å²) in [7, 11) is 1.62. The Kier molecular flexibility index (Phi) is 7.49. The van der Waals surface area contributed by atoms with Crippen molar-refractivity contribution in [1.82, 2.24) is 0 Å². The first kappa shape index (κ1) is 18.7. The fourth-order valence-electron chi connectivity index (χ4n) is 2.19. The summed E-state index contributed by atoms with van der Waals surface area (Å²) in [6.45, 7) is 0. The Bertz CT molecular complexity index is 648. The van der Waals surface area contributed by atoms with Gasteiger partial charge >= 0.3 is 5.97 Å². The van der Waals surface area contributed by atoms with Gasteiger partial charge in [0.25, 0.3) is 0 Å². The standard InChI is InChI=1S/C18H20O4S2/c1-22-14-8-5-9-15(10-14)24-18(13-6-3-2-4-7-13)16(19)11-23-12-17(20)21/h2-10,16,18-19H,11-12H2,1H3,(H,20,21)/t16?,18-/m0/s1. The summed E-state index contributed by atoms with van der Waals surface area (Å²) in [6, 6.07) is 17.4. The summed E-state index contributed by atoms with van der Waals surface area (Å²) in [6.07, 6.45) is -0.659. The third kappa shape index (κ3) is 5.78. The molecule has 0 heterocycles. The van der Waals surface area contributed by atoms with E-state index in [0.717, 1.165) is 16.2 Å². The summed E-state index contributed by atoms with van der Waals surface area (Å²) in [5, 5.41) is 19.2. The van der Waals surface area contributed by atoms with Crippen molar-refractivity contribution in [3.05, 3.63) is 60.2 Å². The van der Waals surface area contributed by atoms with Crippen LogP contribution in [-0.4, -0.2) is 40.9 Å². The van der Waals surface area contributed by atoms with Gasteiger partial charge in [0.2, 0.25) is 0 Å². The number of rotatable bonds is 9. The average Bonchev–Trinajstić information content (AvgIpc) is 2.60. The van der Waals surface area contributed by atoms with Crippen LogP contribution in [0.1, 0.15) is 10.8 Å². The maximum Gasteiger partial charge on any atom is 0.313 e. The average molecular weight is 364 g/mol. The van der Waals surface area contributed by atoms with Crippen LogP contribution < -0.4 is 4.74 Å². The molecule has 0 aliphatic rings. The van der Waals surface area contributed by atoms with Crippen molar-refractivity contribution >= 4 is 29.5 Å². The van der Waals surface area contributed by atoms with E-state index in [0.29, 0.717) is 5.75 Å². The van der Waals surface area contributed by atoms with Gasteiger partial charge in [0.15, 0.2) is 0 Å². The van der Waals surface area contributed by atoms with Crippen molar-refractivity contribution in [3.8, 4) is 5.75 Å². The van der Waals surface area contributed by atoms with E-state index in [1.807, 2.05) is 54.6 Å². The van der Waals surface area contributed by atoms with Crippen LogP contribution >= 0.6 is 23.5 Å². The number of ether oxygens (including phenoxy) is 1. The highest BCUT2D eigenvalue weighted by atomic mass is 32.2. The van der Waals surface area contributed by atoms with Gasteiger partial charge < -0.3 is 14.9 Å². The van der Waals surface area contributed by atoms with E-state index in [-0.39, 0.29) is 11.0 Å². The molecule has 0 saturated carbocycles. The van der Waals surface area contributed by atoms with Crippen molar-refractivity contribution in [1.29, 1.82) is 0 Å². The minimum absolute atomic E-state index is 0.0115. The second kappa shape index (κ2) is 9.61. The number of aliphatic hydroxyl groups is 1. The van der Waals surface area contributed by atoms with E-state index in [2.05, 4.69) is 0 Å². The largest absolute Gasteiger partial charge is 0.497 e. The highest BCUT2D eigenvalue weighted by molar-refractivity contribution is 8.00. The molecule has 2 N–H and O–H groups in total. The summed E-state index contributed by atoms with van der Waals surface area (Å²) >= 11 is 2.77. The third-order valence-corrected chi connectivity index (χ3v) is 5.69. The monoisotopic (exact) mass is 364 g/mol. The third-order valence-electron chi connectivity index (χ3n) is 3.30. The van der Waals surface area contributed by atoms with Crippen molar-refractivity contribution in [2.75, 3.05) is 18.6 Å². The highest BCUT2D eigenvalue weighted by Crippen LogP contribution is 2.39. The van der Waals surface area contributed by atoms with E-state index in [1.165, 1.54) is 11.8 Å². The maximum absolute atomic E-state index is 10.7. The molecule has 0 aliphatic heterocycles. The molecule has 2 rings (SSSR count). The fourth-order valence-corrected chi connectivity index (χ4v) is 4.22. The Balaban J connectivity index is 2.14. The zero-order valence-corrected chi connectivity index (χ0v) is 14.9. The van der Waals surface area contributed by atoms with Gasteiger partial charge in [-0.1, -0.05) is 36.4 Å². The van der Waals surface area contributed by atoms with Gasteiger partial charge in [-0.25, -0.2) is 0 Å². The quantitative estimate of drug-likeness (QED) is 0.661. The van der Waals surface area contributed by atoms with E-state index < -0.39 is 12.1 Å². The zero-order valence-electron chi connectivity index (χ0n) is 13.3. The van der Waals surface area contributed by atoms with E-state index in [4.69, 9.17) is 9.84 Å². The Morgan fingerprint density at radius 3 is 2.58 bits per heavy atom. The van der Waals surface area contributed by atoms with Crippen LogP contribution in [-0.2, 0) is 4.79 Å². The summed E-state index contributed by atoms with van der Waals surface area (Å²) in [4.78, 5) is 11.7. The number of hydrogen-bond donors (Lipinski definition) is 2. The summed E-state index contributed by atoms with van der Waals surface area (Å²) in [5.41, 5.74) is 1.01. The van der Waals surface area contributed by atoms with Crippen molar-refractivity contribution in [2.45, 2.75) is 16.2 Å². The number of methoxy groups -OCH3 is 1. The normalized spacial score (nSPS) is 13.2. The van der Waals surface area contributed by atoms with Crippen LogP contribution in [0.25, 0.3) is 0 Å². The van der Waals surface area contributed by atoms with Gasteiger partial charge in [0.1, 0.15) is 5.75 Å². The van der Waals surface area contributed by atoms with Gasteiger partial charge in [0.05, 0.1) is 24.2 Å². The molecule has 0 bridgehead atoms. The number of benzene rings is 2. The maximum atomic E-state index is 10.7. The van der Waals surface area contributed by atoms with Gasteiger partial charge in [-0.2, -0.15) is 0 Å². The molecule has 0 radical (unpaired) electrons. The number of thioether (sulfide) groups is 2. The first-order valence-electron chi connectivity index (χ1n) is 7.43. The molecule has 2 aromatic rings. The lowest BCUT2D eigenvalue weighted by Gasteiger charge is -2.23. The van der Waals surface area contributed by atoms with E-state index in [1.54, 1.807) is 18.9 Å². The number of hydrogen-bond acceptors (Lipinski definition) is 5. The molecule has 6 heteroatoms. The second-order valence-electron chi connectivity index (χ2n) is 5.10. The summed E-state index contributed by atoms with van der Waals surface area (Å²) in [5.74, 6) is 0.246. The van der Waals surface area contributed by atoms with Crippen LogP contribution in [0.3, 0.4) is 0 Å². The molecule has 0 aromatic heterocycles. The van der Waals surface area contributed by atoms with Crippen LogP contribution in [0.15, 0.2) is 59.5 Å². The lowest BCUT2D eigenvalue weighted by molar-refractivity contribution is -0.133. The number of aliphatic hydroxyl groups excluding tert-OH is 1. The molecule has 0 aliphatic carbocycles. The predicted octanol–water partition coefficient (Wildman–Crippen LogP) is 3.71. The van der Waals surface area contributed by atoms with Crippen molar-refractivity contribution in [3.63, 3.8) is 0 Å². The summed E-state index contributed by atoms with van der Waals surface area (Å²) < 4.78 is 5.25. The Hall–Kier alpha value is -1.63. The molecule has 0 fully saturated rings. The molecule has 4 nitrogen and oxygen atoms in total. The van der Waals surface area contributed by atoms with E-state index >= 15 is 0 Å². The van der Waals surface area contributed by atoms with Crippen LogP contribution in [0.4, 0.5) is 0 Å². The highest BCUT2D eigenvalue weighted by Gasteiger charge is 2.23. The Labute approximate surface area is 150 Å². The van der Waals surface area contributed by atoms with E-state index in [9.17, 15) is 9.90 Å². The lowest BCUT2D eigenvalue weighted by Crippen LogP contribution is -2.19. The first-order chi connectivity index (χ1) is 11.6. The topological polar surface area (TPSA) is 66.8 Å².